The van der Waals surface area contributed by atoms with Crippen LogP contribution in [0.2, 0.25) is 0 Å². The fraction of sp³-hybridized carbons (Fsp3) is 0.125. The van der Waals surface area contributed by atoms with Crippen LogP contribution in [0.25, 0.3) is 21.8 Å². The van der Waals surface area contributed by atoms with E-state index in [1.54, 1.807) is 18.4 Å². The van der Waals surface area contributed by atoms with Gasteiger partial charge in [-0.25, -0.2) is 4.98 Å². The number of H-pyrrole nitrogens is 1. The molecule has 0 atom stereocenters. The Hall–Kier alpha value is -2.65. The average Bonchev–Trinajstić information content (AvgIpc) is 3.34. The van der Waals surface area contributed by atoms with Gasteiger partial charge in [-0.1, -0.05) is 17.8 Å². The zero-order chi connectivity index (χ0) is 17.2. The molecule has 25 heavy (non-hydrogen) atoms. The average molecular weight is 371 g/mol. The number of allylic oxidation sites excluding steroid dienone is 1. The smallest absolute Gasteiger partial charge is 0.268 e. The largest absolute Gasteiger partial charge is 0.461 e. The van der Waals surface area contributed by atoms with Crippen LogP contribution in [0.5, 0.6) is 0 Å². The van der Waals surface area contributed by atoms with Gasteiger partial charge in [0.2, 0.25) is 5.82 Å². The number of nitrogens with one attached hydrogen (secondary N) is 1. The van der Waals surface area contributed by atoms with Crippen LogP contribution in [-0.4, -0.2) is 24.7 Å². The molecule has 0 fully saturated rings. The van der Waals surface area contributed by atoms with Gasteiger partial charge in [-0.05, 0) is 23.6 Å². The number of hydrogen-bond acceptors (Lipinski definition) is 7. The zero-order valence-electron chi connectivity index (χ0n) is 13.0. The molecule has 0 amide bonds. The van der Waals surface area contributed by atoms with Crippen LogP contribution < -0.4 is 5.56 Å². The molecule has 0 aliphatic carbocycles. The molecular weight excluding hydrogens is 358 g/mol. The Morgan fingerprint density at radius 3 is 3.12 bits per heavy atom. The van der Waals surface area contributed by atoms with E-state index in [9.17, 15) is 4.79 Å². The Morgan fingerprint density at radius 1 is 1.40 bits per heavy atom. The highest BCUT2D eigenvalue weighted by atomic mass is 32.2. The third-order valence-corrected chi connectivity index (χ3v) is 5.35. The lowest BCUT2D eigenvalue weighted by Crippen LogP contribution is -2.09. The van der Waals surface area contributed by atoms with Crippen molar-refractivity contribution in [3.05, 3.63) is 58.7 Å². The lowest BCUT2D eigenvalue weighted by atomic mass is 10.4. The SMILES string of the molecule is C=CCn1c(SCc2nc3ccsc3c(=O)[nH]2)nnc1-c1ccco1. The van der Waals surface area contributed by atoms with Crippen molar-refractivity contribution in [1.29, 1.82) is 0 Å². The number of rotatable bonds is 6. The van der Waals surface area contributed by atoms with Crippen molar-refractivity contribution in [2.45, 2.75) is 17.5 Å². The molecule has 4 aromatic heterocycles. The molecule has 4 rings (SSSR count). The van der Waals surface area contributed by atoms with E-state index in [2.05, 4.69) is 26.7 Å². The van der Waals surface area contributed by atoms with Gasteiger partial charge in [0.1, 0.15) is 10.5 Å². The van der Waals surface area contributed by atoms with Crippen molar-refractivity contribution < 1.29 is 4.42 Å². The van der Waals surface area contributed by atoms with E-state index in [1.165, 1.54) is 23.1 Å². The Bertz CT molecular complexity index is 1080. The molecule has 4 heterocycles. The predicted molar refractivity (Wildman–Crippen MR) is 97.7 cm³/mol. The molecule has 0 saturated carbocycles. The Labute approximate surface area is 150 Å². The third-order valence-electron chi connectivity index (χ3n) is 3.47. The normalized spacial score (nSPS) is 11.2. The number of thioether (sulfide) groups is 1. The number of nitrogens with zero attached hydrogens (tertiary/aromatic N) is 4. The number of thiophene rings is 1. The maximum atomic E-state index is 12.0. The van der Waals surface area contributed by atoms with Crippen molar-refractivity contribution in [3.63, 3.8) is 0 Å². The summed E-state index contributed by atoms with van der Waals surface area (Å²) in [5, 5.41) is 11.0. The lowest BCUT2D eigenvalue weighted by Gasteiger charge is -2.06. The first kappa shape index (κ1) is 15.9. The van der Waals surface area contributed by atoms with Crippen LogP contribution in [0, 0.1) is 0 Å². The first-order valence-electron chi connectivity index (χ1n) is 7.43. The summed E-state index contributed by atoms with van der Waals surface area (Å²) in [6.45, 7) is 4.34. The summed E-state index contributed by atoms with van der Waals surface area (Å²) < 4.78 is 7.97. The third kappa shape index (κ3) is 3.03. The molecule has 4 aromatic rings. The van der Waals surface area contributed by atoms with Crippen LogP contribution in [0.1, 0.15) is 5.82 Å². The first-order chi connectivity index (χ1) is 12.3. The van der Waals surface area contributed by atoms with Gasteiger partial charge < -0.3 is 9.40 Å². The molecule has 0 aromatic carbocycles. The molecule has 126 valence electrons. The number of hydrogen-bond donors (Lipinski definition) is 1. The zero-order valence-corrected chi connectivity index (χ0v) is 14.6. The molecule has 7 nitrogen and oxygen atoms in total. The standard InChI is InChI=1S/C16H13N5O2S2/c1-2-6-21-14(11-4-3-7-23-11)19-20-16(21)25-9-12-17-10-5-8-24-13(10)15(22)18-12/h2-5,7-8H,1,6,9H2,(H,17,18,22). The maximum Gasteiger partial charge on any atom is 0.268 e. The molecule has 9 heteroatoms. The second-order valence-electron chi connectivity index (χ2n) is 5.12. The second-order valence-corrected chi connectivity index (χ2v) is 6.98. The summed E-state index contributed by atoms with van der Waals surface area (Å²) in [6.07, 6.45) is 3.37. The number of aromatic nitrogens is 5. The van der Waals surface area contributed by atoms with Crippen molar-refractivity contribution in [2.24, 2.45) is 0 Å². The molecular formula is C16H13N5O2S2. The van der Waals surface area contributed by atoms with E-state index in [0.717, 1.165) is 0 Å². The van der Waals surface area contributed by atoms with Gasteiger partial charge >= 0.3 is 0 Å². The van der Waals surface area contributed by atoms with E-state index in [1.807, 2.05) is 22.1 Å². The second kappa shape index (κ2) is 6.69. The Kier molecular flexibility index (Phi) is 4.24. The van der Waals surface area contributed by atoms with Crippen LogP contribution in [0.15, 0.2) is 56.9 Å². The van der Waals surface area contributed by atoms with Crippen molar-refractivity contribution in [3.8, 4) is 11.6 Å². The number of aromatic amines is 1. The van der Waals surface area contributed by atoms with Crippen LogP contribution >= 0.6 is 23.1 Å². The van der Waals surface area contributed by atoms with E-state index in [-0.39, 0.29) is 5.56 Å². The molecule has 1 N–H and O–H groups in total. The van der Waals surface area contributed by atoms with Gasteiger partial charge in [-0.15, -0.1) is 28.1 Å². The monoisotopic (exact) mass is 371 g/mol. The molecule has 0 aliphatic heterocycles. The minimum atomic E-state index is -0.112. The van der Waals surface area contributed by atoms with Gasteiger partial charge in [0, 0.05) is 6.54 Å². The highest BCUT2D eigenvalue weighted by molar-refractivity contribution is 7.98. The van der Waals surface area contributed by atoms with Crippen molar-refractivity contribution in [1.82, 2.24) is 24.7 Å². The Balaban J connectivity index is 1.61. The summed E-state index contributed by atoms with van der Waals surface area (Å²) in [6, 6.07) is 5.49. The minimum Gasteiger partial charge on any atom is -0.461 e. The lowest BCUT2D eigenvalue weighted by molar-refractivity contribution is 0.569. The minimum absolute atomic E-state index is 0.112. The quantitative estimate of drug-likeness (QED) is 0.413. The molecule has 0 unspecified atom stereocenters. The van der Waals surface area contributed by atoms with Gasteiger partial charge in [0.05, 0.1) is 17.5 Å². The summed E-state index contributed by atoms with van der Waals surface area (Å²) in [5.41, 5.74) is 0.604. The summed E-state index contributed by atoms with van der Waals surface area (Å²) in [4.78, 5) is 19.3. The molecule has 0 spiro atoms. The van der Waals surface area contributed by atoms with E-state index < -0.39 is 0 Å². The van der Waals surface area contributed by atoms with Gasteiger partial charge in [-0.2, -0.15) is 0 Å². The van der Waals surface area contributed by atoms with Gasteiger partial charge in [-0.3, -0.25) is 9.36 Å². The summed E-state index contributed by atoms with van der Waals surface area (Å²) >= 11 is 2.84. The molecule has 0 radical (unpaired) electrons. The molecule has 0 saturated heterocycles. The highest BCUT2D eigenvalue weighted by Gasteiger charge is 2.16. The maximum absolute atomic E-state index is 12.0. The number of fused-ring (bicyclic) bond motifs is 1. The van der Waals surface area contributed by atoms with Crippen LogP contribution in [-0.2, 0) is 12.3 Å². The van der Waals surface area contributed by atoms with Crippen LogP contribution in [0.3, 0.4) is 0 Å². The fourth-order valence-electron chi connectivity index (χ4n) is 2.40. The van der Waals surface area contributed by atoms with Crippen molar-refractivity contribution in [2.75, 3.05) is 0 Å². The van der Waals surface area contributed by atoms with E-state index >= 15 is 0 Å². The summed E-state index contributed by atoms with van der Waals surface area (Å²) in [7, 11) is 0. The van der Waals surface area contributed by atoms with E-state index in [4.69, 9.17) is 4.42 Å². The highest BCUT2D eigenvalue weighted by Crippen LogP contribution is 2.26. The van der Waals surface area contributed by atoms with Crippen molar-refractivity contribution >= 4 is 33.3 Å². The first-order valence-corrected chi connectivity index (χ1v) is 9.30. The van der Waals surface area contributed by atoms with E-state index in [0.29, 0.717) is 45.1 Å². The fourth-order valence-corrected chi connectivity index (χ4v) is 3.94. The van der Waals surface area contributed by atoms with Crippen LogP contribution in [0.4, 0.5) is 0 Å². The molecule has 0 bridgehead atoms. The molecule has 0 aliphatic rings. The Morgan fingerprint density at radius 2 is 2.32 bits per heavy atom. The topological polar surface area (TPSA) is 89.6 Å². The van der Waals surface area contributed by atoms with Gasteiger partial charge in [0.15, 0.2) is 10.9 Å². The number of furan rings is 1. The van der Waals surface area contributed by atoms with Gasteiger partial charge in [0.25, 0.3) is 5.56 Å². The summed E-state index contributed by atoms with van der Waals surface area (Å²) in [5.74, 6) is 2.37. The predicted octanol–water partition coefficient (Wildman–Crippen LogP) is 3.31.